The van der Waals surface area contributed by atoms with Gasteiger partial charge >= 0.3 is 5.69 Å². The van der Waals surface area contributed by atoms with Crippen LogP contribution in [0.3, 0.4) is 0 Å². The SMILES string of the molecule is CCCn1ccc(=O)n(Cc2cc(NC)ccn2)c1=O. The highest BCUT2D eigenvalue weighted by atomic mass is 16.2. The number of nitrogens with zero attached hydrogens (tertiary/aromatic N) is 3. The Morgan fingerprint density at radius 1 is 1.30 bits per heavy atom. The summed E-state index contributed by atoms with van der Waals surface area (Å²) >= 11 is 0. The first kappa shape index (κ1) is 14.0. The van der Waals surface area contributed by atoms with E-state index in [1.807, 2.05) is 26.1 Å². The monoisotopic (exact) mass is 274 g/mol. The van der Waals surface area contributed by atoms with Crippen LogP contribution >= 0.6 is 0 Å². The van der Waals surface area contributed by atoms with Crippen molar-refractivity contribution < 1.29 is 0 Å². The number of pyridine rings is 1. The highest BCUT2D eigenvalue weighted by Gasteiger charge is 2.06. The fourth-order valence-electron chi connectivity index (χ4n) is 2.00. The molecule has 20 heavy (non-hydrogen) atoms. The zero-order valence-electron chi connectivity index (χ0n) is 11.7. The van der Waals surface area contributed by atoms with Crippen LogP contribution in [0.5, 0.6) is 0 Å². The molecule has 6 heteroatoms. The molecule has 0 aliphatic rings. The Bertz CT molecular complexity index is 703. The summed E-state index contributed by atoms with van der Waals surface area (Å²) in [7, 11) is 1.81. The lowest BCUT2D eigenvalue weighted by atomic mass is 10.3. The van der Waals surface area contributed by atoms with Crippen molar-refractivity contribution in [1.29, 1.82) is 0 Å². The molecule has 0 fully saturated rings. The minimum absolute atomic E-state index is 0.178. The van der Waals surface area contributed by atoms with Gasteiger partial charge in [-0.3, -0.25) is 14.3 Å². The Labute approximate surface area is 116 Å². The molecular weight excluding hydrogens is 256 g/mol. The summed E-state index contributed by atoms with van der Waals surface area (Å²) in [6.07, 6.45) is 4.04. The van der Waals surface area contributed by atoms with E-state index < -0.39 is 0 Å². The number of anilines is 1. The van der Waals surface area contributed by atoms with Crippen molar-refractivity contribution in [1.82, 2.24) is 14.1 Å². The van der Waals surface area contributed by atoms with Crippen LogP contribution in [-0.2, 0) is 13.1 Å². The van der Waals surface area contributed by atoms with Crippen molar-refractivity contribution in [3.05, 3.63) is 57.1 Å². The predicted molar refractivity (Wildman–Crippen MR) is 78.1 cm³/mol. The van der Waals surface area contributed by atoms with Gasteiger partial charge in [-0.15, -0.1) is 0 Å². The lowest BCUT2D eigenvalue weighted by molar-refractivity contribution is 0.567. The third-order valence-corrected chi connectivity index (χ3v) is 3.03. The van der Waals surface area contributed by atoms with Crippen LogP contribution in [0, 0.1) is 0 Å². The molecule has 0 atom stereocenters. The molecule has 0 saturated heterocycles. The second-order valence-corrected chi connectivity index (χ2v) is 4.50. The number of rotatable bonds is 5. The molecule has 0 saturated carbocycles. The molecule has 0 aliphatic carbocycles. The third-order valence-electron chi connectivity index (χ3n) is 3.03. The first-order valence-electron chi connectivity index (χ1n) is 6.58. The molecule has 2 aromatic heterocycles. The summed E-state index contributed by atoms with van der Waals surface area (Å²) < 4.78 is 2.75. The van der Waals surface area contributed by atoms with E-state index in [0.717, 1.165) is 12.1 Å². The van der Waals surface area contributed by atoms with Crippen LogP contribution in [0.15, 0.2) is 40.2 Å². The number of aryl methyl sites for hydroxylation is 1. The normalized spacial score (nSPS) is 10.5. The van der Waals surface area contributed by atoms with Gasteiger partial charge in [-0.2, -0.15) is 0 Å². The van der Waals surface area contributed by atoms with E-state index in [4.69, 9.17) is 0 Å². The predicted octanol–water partition coefficient (Wildman–Crippen LogP) is 0.905. The van der Waals surface area contributed by atoms with Gasteiger partial charge in [0.05, 0.1) is 12.2 Å². The maximum Gasteiger partial charge on any atom is 0.331 e. The Kier molecular flexibility index (Phi) is 4.34. The van der Waals surface area contributed by atoms with E-state index in [9.17, 15) is 9.59 Å². The summed E-state index contributed by atoms with van der Waals surface area (Å²) in [5, 5.41) is 3.00. The number of nitrogens with one attached hydrogen (secondary N) is 1. The van der Waals surface area contributed by atoms with Gasteiger partial charge in [-0.1, -0.05) is 6.92 Å². The van der Waals surface area contributed by atoms with Crippen molar-refractivity contribution in [3.63, 3.8) is 0 Å². The Morgan fingerprint density at radius 2 is 2.10 bits per heavy atom. The molecule has 2 aromatic rings. The fraction of sp³-hybridized carbons (Fsp3) is 0.357. The molecule has 0 aliphatic heterocycles. The smallest absolute Gasteiger partial charge is 0.331 e. The average molecular weight is 274 g/mol. The first-order valence-corrected chi connectivity index (χ1v) is 6.58. The minimum Gasteiger partial charge on any atom is -0.388 e. The molecule has 0 radical (unpaired) electrons. The Morgan fingerprint density at radius 3 is 2.80 bits per heavy atom. The molecular formula is C14H18N4O2. The van der Waals surface area contributed by atoms with E-state index >= 15 is 0 Å². The number of aromatic nitrogens is 3. The third kappa shape index (κ3) is 2.96. The van der Waals surface area contributed by atoms with E-state index in [1.165, 1.54) is 10.6 Å². The first-order chi connectivity index (χ1) is 9.65. The van der Waals surface area contributed by atoms with Gasteiger partial charge in [0.15, 0.2) is 0 Å². The van der Waals surface area contributed by atoms with Gasteiger partial charge < -0.3 is 9.88 Å². The summed E-state index contributed by atoms with van der Waals surface area (Å²) in [4.78, 5) is 28.3. The molecule has 6 nitrogen and oxygen atoms in total. The van der Waals surface area contributed by atoms with Crippen molar-refractivity contribution in [2.24, 2.45) is 0 Å². The van der Waals surface area contributed by atoms with Gasteiger partial charge in [-0.25, -0.2) is 4.79 Å². The molecule has 0 bridgehead atoms. The van der Waals surface area contributed by atoms with E-state index in [-0.39, 0.29) is 17.8 Å². The van der Waals surface area contributed by atoms with Crippen LogP contribution in [0.1, 0.15) is 19.0 Å². The van der Waals surface area contributed by atoms with Crippen molar-refractivity contribution in [3.8, 4) is 0 Å². The maximum absolute atomic E-state index is 12.2. The molecule has 2 heterocycles. The van der Waals surface area contributed by atoms with Crippen LogP contribution < -0.4 is 16.6 Å². The molecule has 0 amide bonds. The summed E-state index contributed by atoms with van der Waals surface area (Å²) in [5.74, 6) is 0. The zero-order chi connectivity index (χ0) is 14.5. The minimum atomic E-state index is -0.306. The summed E-state index contributed by atoms with van der Waals surface area (Å²) in [5.41, 5.74) is 0.966. The van der Waals surface area contributed by atoms with Gasteiger partial charge in [-0.05, 0) is 18.6 Å². The summed E-state index contributed by atoms with van der Waals surface area (Å²) in [6, 6.07) is 5.06. The zero-order valence-corrected chi connectivity index (χ0v) is 11.7. The molecule has 0 unspecified atom stereocenters. The van der Waals surface area contributed by atoms with Crippen molar-refractivity contribution in [2.75, 3.05) is 12.4 Å². The molecule has 106 valence electrons. The topological polar surface area (TPSA) is 68.9 Å². The second kappa shape index (κ2) is 6.18. The van der Waals surface area contributed by atoms with E-state index in [2.05, 4.69) is 10.3 Å². The van der Waals surface area contributed by atoms with E-state index in [1.54, 1.807) is 17.0 Å². The van der Waals surface area contributed by atoms with Gasteiger partial charge in [0.25, 0.3) is 5.56 Å². The largest absolute Gasteiger partial charge is 0.388 e. The van der Waals surface area contributed by atoms with Crippen molar-refractivity contribution >= 4 is 5.69 Å². The van der Waals surface area contributed by atoms with E-state index in [0.29, 0.717) is 12.2 Å². The van der Waals surface area contributed by atoms with Crippen molar-refractivity contribution in [2.45, 2.75) is 26.4 Å². The Balaban J connectivity index is 2.40. The quantitative estimate of drug-likeness (QED) is 0.879. The Hall–Kier alpha value is -2.37. The van der Waals surface area contributed by atoms with Gasteiger partial charge in [0, 0.05) is 37.7 Å². The van der Waals surface area contributed by atoms with Crippen LogP contribution in [0.25, 0.3) is 0 Å². The molecule has 0 spiro atoms. The molecule has 0 aromatic carbocycles. The molecule has 2 rings (SSSR count). The van der Waals surface area contributed by atoms with Gasteiger partial charge in [0.1, 0.15) is 0 Å². The average Bonchev–Trinajstić information content (AvgIpc) is 2.47. The van der Waals surface area contributed by atoms with Crippen LogP contribution in [-0.4, -0.2) is 21.2 Å². The lowest BCUT2D eigenvalue weighted by Crippen LogP contribution is -2.39. The highest BCUT2D eigenvalue weighted by Crippen LogP contribution is 2.06. The maximum atomic E-state index is 12.2. The van der Waals surface area contributed by atoms with Gasteiger partial charge in [0.2, 0.25) is 0 Å². The standard InChI is InChI=1S/C14H18N4O2/c1-3-7-17-8-5-13(19)18(14(17)20)10-12-9-11(15-2)4-6-16-12/h4-6,8-9H,3,7,10H2,1-2H3,(H,15,16). The fourth-order valence-corrected chi connectivity index (χ4v) is 2.00. The summed E-state index contributed by atoms with van der Waals surface area (Å²) in [6.45, 7) is 2.76. The van der Waals surface area contributed by atoms with Crippen LogP contribution in [0.2, 0.25) is 0 Å². The highest BCUT2D eigenvalue weighted by molar-refractivity contribution is 5.42. The number of hydrogen-bond donors (Lipinski definition) is 1. The van der Waals surface area contributed by atoms with Crippen LogP contribution in [0.4, 0.5) is 5.69 Å². The number of hydrogen-bond acceptors (Lipinski definition) is 4. The lowest BCUT2D eigenvalue weighted by Gasteiger charge is -2.09. The molecule has 1 N–H and O–H groups in total. The second-order valence-electron chi connectivity index (χ2n) is 4.50.